The fourth-order valence-electron chi connectivity index (χ4n) is 2.86. The van der Waals surface area contributed by atoms with Gasteiger partial charge in [0.25, 0.3) is 11.2 Å². The molecule has 3 aromatic rings. The van der Waals surface area contributed by atoms with E-state index in [1.165, 1.54) is 22.8 Å². The molecule has 8 nitrogen and oxygen atoms in total. The van der Waals surface area contributed by atoms with Gasteiger partial charge in [0.2, 0.25) is 5.91 Å². The number of nitrogens with one attached hydrogen (secondary N) is 1. The first-order valence-electron chi connectivity index (χ1n) is 9.12. The van der Waals surface area contributed by atoms with E-state index in [4.69, 9.17) is 11.6 Å². The van der Waals surface area contributed by atoms with Gasteiger partial charge < -0.3 is 5.32 Å². The van der Waals surface area contributed by atoms with E-state index in [2.05, 4.69) is 10.3 Å². The Morgan fingerprint density at radius 3 is 2.73 bits per heavy atom. The van der Waals surface area contributed by atoms with Crippen molar-refractivity contribution in [3.63, 3.8) is 0 Å². The summed E-state index contributed by atoms with van der Waals surface area (Å²) in [4.78, 5) is 40.5. The van der Waals surface area contributed by atoms with Crippen LogP contribution in [0.2, 0.25) is 5.02 Å². The molecule has 0 radical (unpaired) electrons. The van der Waals surface area contributed by atoms with E-state index in [0.29, 0.717) is 27.6 Å². The molecule has 0 unspecified atom stereocenters. The number of rotatable bonds is 7. The zero-order valence-corrected chi connectivity index (χ0v) is 17.9. The maximum Gasteiger partial charge on any atom is 0.292 e. The average molecular weight is 447 g/mol. The van der Waals surface area contributed by atoms with Gasteiger partial charge >= 0.3 is 0 Å². The van der Waals surface area contributed by atoms with E-state index in [1.54, 1.807) is 24.3 Å². The van der Waals surface area contributed by atoms with Gasteiger partial charge in [-0.25, -0.2) is 4.98 Å². The molecule has 156 valence electrons. The summed E-state index contributed by atoms with van der Waals surface area (Å²) < 4.78 is 1.53. The smallest absolute Gasteiger partial charge is 0.292 e. The third-order valence-corrected chi connectivity index (χ3v) is 5.35. The first kappa shape index (κ1) is 21.8. The minimum absolute atomic E-state index is 0.0598. The Balaban J connectivity index is 1.86. The predicted molar refractivity (Wildman–Crippen MR) is 118 cm³/mol. The lowest BCUT2D eigenvalue weighted by Gasteiger charge is -2.15. The van der Waals surface area contributed by atoms with Crippen molar-refractivity contribution in [2.75, 3.05) is 11.1 Å². The van der Waals surface area contributed by atoms with Crippen LogP contribution in [-0.2, 0) is 11.3 Å². The van der Waals surface area contributed by atoms with Crippen LogP contribution in [0.5, 0.6) is 0 Å². The zero-order chi connectivity index (χ0) is 21.8. The highest BCUT2D eigenvalue weighted by molar-refractivity contribution is 7.99. The maximum atomic E-state index is 13.0. The predicted octanol–water partition coefficient (Wildman–Crippen LogP) is 4.34. The zero-order valence-electron chi connectivity index (χ0n) is 16.3. The molecule has 1 N–H and O–H groups in total. The summed E-state index contributed by atoms with van der Waals surface area (Å²) in [5.41, 5.74) is 0.200. The van der Waals surface area contributed by atoms with E-state index < -0.39 is 10.8 Å². The first-order valence-corrected chi connectivity index (χ1v) is 10.5. The molecule has 10 heteroatoms. The van der Waals surface area contributed by atoms with Crippen molar-refractivity contribution in [2.24, 2.45) is 5.92 Å². The molecule has 1 heterocycles. The third-order valence-electron chi connectivity index (χ3n) is 4.14. The van der Waals surface area contributed by atoms with Gasteiger partial charge in [0, 0.05) is 17.6 Å². The minimum Gasteiger partial charge on any atom is -0.320 e. The number of nitrogens with zero attached hydrogens (tertiary/aromatic N) is 3. The molecule has 0 fully saturated rings. The van der Waals surface area contributed by atoms with E-state index in [9.17, 15) is 19.7 Å². The van der Waals surface area contributed by atoms with E-state index >= 15 is 0 Å². The van der Waals surface area contributed by atoms with Gasteiger partial charge in [-0.1, -0.05) is 49.3 Å². The van der Waals surface area contributed by atoms with Crippen LogP contribution < -0.4 is 10.9 Å². The van der Waals surface area contributed by atoms with Crippen molar-refractivity contribution in [1.82, 2.24) is 9.55 Å². The van der Waals surface area contributed by atoms with Crippen molar-refractivity contribution < 1.29 is 9.72 Å². The molecule has 2 aromatic carbocycles. The lowest BCUT2D eigenvalue weighted by Crippen LogP contribution is -2.26. The maximum absolute atomic E-state index is 13.0. The molecule has 1 amide bonds. The molecule has 0 spiro atoms. The van der Waals surface area contributed by atoms with Crippen LogP contribution in [0.4, 0.5) is 11.4 Å². The van der Waals surface area contributed by atoms with Gasteiger partial charge in [-0.3, -0.25) is 24.3 Å². The average Bonchev–Trinajstić information content (AvgIpc) is 2.69. The molecule has 0 aliphatic heterocycles. The van der Waals surface area contributed by atoms with Crippen LogP contribution in [0, 0.1) is 16.0 Å². The largest absolute Gasteiger partial charge is 0.320 e. The number of nitro benzene ring substituents is 1. The SMILES string of the molecule is CC(C)Cn1c(SCC(=O)Nc2ccccc2[N+](=O)[O-])nc2ccc(Cl)cc2c1=O. The normalized spacial score (nSPS) is 11.1. The number of anilines is 1. The summed E-state index contributed by atoms with van der Waals surface area (Å²) in [7, 11) is 0. The highest BCUT2D eigenvalue weighted by atomic mass is 35.5. The molecule has 1 aromatic heterocycles. The number of carbonyl (C=O) groups excluding carboxylic acids is 1. The summed E-state index contributed by atoms with van der Waals surface area (Å²) in [6.07, 6.45) is 0. The third kappa shape index (κ3) is 4.98. The van der Waals surface area contributed by atoms with Crippen LogP contribution in [-0.4, -0.2) is 26.1 Å². The molecule has 0 aliphatic carbocycles. The minimum atomic E-state index is -0.556. The van der Waals surface area contributed by atoms with E-state index in [0.717, 1.165) is 11.8 Å². The number of aromatic nitrogens is 2. The van der Waals surface area contributed by atoms with Crippen LogP contribution in [0.1, 0.15) is 13.8 Å². The highest BCUT2D eigenvalue weighted by Gasteiger charge is 2.17. The monoisotopic (exact) mass is 446 g/mol. The van der Waals surface area contributed by atoms with Crippen LogP contribution in [0.15, 0.2) is 52.4 Å². The van der Waals surface area contributed by atoms with Gasteiger partial charge in [0.05, 0.1) is 21.6 Å². The summed E-state index contributed by atoms with van der Waals surface area (Å²) in [5, 5.41) is 14.9. The standard InChI is InChI=1S/C20H19ClN4O4S/c1-12(2)10-24-19(27)14-9-13(21)7-8-15(14)23-20(24)30-11-18(26)22-16-5-3-4-6-17(16)25(28)29/h3-9,12H,10-11H2,1-2H3,(H,22,26). The number of hydrogen-bond acceptors (Lipinski definition) is 6. The van der Waals surface area contributed by atoms with Gasteiger partial charge in [0.15, 0.2) is 5.16 Å². The van der Waals surface area contributed by atoms with Crippen molar-refractivity contribution in [1.29, 1.82) is 0 Å². The van der Waals surface area contributed by atoms with Crippen LogP contribution in [0.25, 0.3) is 10.9 Å². The second-order valence-electron chi connectivity index (χ2n) is 6.98. The Morgan fingerprint density at radius 1 is 1.30 bits per heavy atom. The number of benzene rings is 2. The van der Waals surface area contributed by atoms with Crippen LogP contribution in [0.3, 0.4) is 0 Å². The summed E-state index contributed by atoms with van der Waals surface area (Å²) in [5.74, 6) is -0.313. The summed E-state index contributed by atoms with van der Waals surface area (Å²) >= 11 is 7.12. The molecule has 30 heavy (non-hydrogen) atoms. The van der Waals surface area contributed by atoms with Gasteiger partial charge in [0.1, 0.15) is 5.69 Å². The van der Waals surface area contributed by atoms with Crippen molar-refractivity contribution in [2.45, 2.75) is 25.5 Å². The lowest BCUT2D eigenvalue weighted by atomic mass is 10.2. The lowest BCUT2D eigenvalue weighted by molar-refractivity contribution is -0.383. The molecule has 0 saturated carbocycles. The van der Waals surface area contributed by atoms with E-state index in [-0.39, 0.29) is 28.6 Å². The van der Waals surface area contributed by atoms with Crippen molar-refractivity contribution >= 4 is 51.5 Å². The number of amides is 1. The molecule has 0 aliphatic rings. The number of fused-ring (bicyclic) bond motifs is 1. The molecule has 3 rings (SSSR count). The number of thioether (sulfide) groups is 1. The van der Waals surface area contributed by atoms with Crippen molar-refractivity contribution in [3.05, 3.63) is 68.0 Å². The quantitative estimate of drug-likeness (QED) is 0.250. The molecular weight excluding hydrogens is 428 g/mol. The number of hydrogen-bond donors (Lipinski definition) is 1. The fourth-order valence-corrected chi connectivity index (χ4v) is 3.84. The van der Waals surface area contributed by atoms with Crippen LogP contribution >= 0.6 is 23.4 Å². The summed E-state index contributed by atoms with van der Waals surface area (Å²) in [6, 6.07) is 10.8. The number of nitro groups is 1. The Hall–Kier alpha value is -2.91. The summed E-state index contributed by atoms with van der Waals surface area (Å²) in [6.45, 7) is 4.39. The molecule has 0 atom stereocenters. The molecular formula is C20H19ClN4O4S. The molecule has 0 saturated heterocycles. The first-order chi connectivity index (χ1) is 14.3. The Morgan fingerprint density at radius 2 is 2.03 bits per heavy atom. The Labute approximate surface area is 181 Å². The Kier molecular flexibility index (Phi) is 6.73. The Bertz CT molecular complexity index is 1180. The van der Waals surface area contributed by atoms with Gasteiger partial charge in [-0.2, -0.15) is 0 Å². The van der Waals surface area contributed by atoms with Gasteiger partial charge in [-0.15, -0.1) is 0 Å². The van der Waals surface area contributed by atoms with Crippen molar-refractivity contribution in [3.8, 4) is 0 Å². The van der Waals surface area contributed by atoms with Gasteiger partial charge in [-0.05, 0) is 30.2 Å². The number of carbonyl (C=O) groups is 1. The number of halogens is 1. The highest BCUT2D eigenvalue weighted by Crippen LogP contribution is 2.25. The fraction of sp³-hybridized carbons (Fsp3) is 0.250. The topological polar surface area (TPSA) is 107 Å². The van der Waals surface area contributed by atoms with E-state index in [1.807, 2.05) is 13.8 Å². The second-order valence-corrected chi connectivity index (χ2v) is 8.36. The second kappa shape index (κ2) is 9.27. The molecule has 0 bridgehead atoms. The number of para-hydroxylation sites is 2.